The van der Waals surface area contributed by atoms with E-state index in [1.165, 1.54) is 0 Å². The Labute approximate surface area is 140 Å². The second-order valence-corrected chi connectivity index (χ2v) is 5.38. The van der Waals surface area contributed by atoms with Gasteiger partial charge in [0.15, 0.2) is 0 Å². The molecule has 9 nitrogen and oxygen atoms in total. The number of hydrogen-bond acceptors (Lipinski definition) is 7. The zero-order chi connectivity index (χ0) is 18.8. The summed E-state index contributed by atoms with van der Waals surface area (Å²) in [6.07, 6.45) is -4.80. The van der Waals surface area contributed by atoms with Crippen LogP contribution in [0.15, 0.2) is 23.4 Å². The molecule has 0 atom stereocenters. The average Bonchev–Trinajstić information content (AvgIpc) is 2.88. The number of anilines is 1. The van der Waals surface area contributed by atoms with Gasteiger partial charge < -0.3 is 11.2 Å². The van der Waals surface area contributed by atoms with E-state index in [0.29, 0.717) is 11.8 Å². The monoisotopic (exact) mass is 380 g/mol. The van der Waals surface area contributed by atoms with Crippen molar-refractivity contribution in [3.63, 3.8) is 0 Å². The van der Waals surface area contributed by atoms with Gasteiger partial charge >= 0.3 is 11.9 Å². The molecule has 25 heavy (non-hydrogen) atoms. The Kier molecular flexibility index (Phi) is 5.10. The summed E-state index contributed by atoms with van der Waals surface area (Å²) in [7, 11) is 0. The van der Waals surface area contributed by atoms with Crippen LogP contribution in [0.2, 0.25) is 0 Å². The number of nitrogen functional groups attached to an aromatic ring is 1. The predicted molar refractivity (Wildman–Crippen MR) is 77.6 cm³/mol. The molecule has 2 rings (SSSR count). The highest BCUT2D eigenvalue weighted by Gasteiger charge is 2.38. The van der Waals surface area contributed by atoms with Crippen molar-refractivity contribution >= 4 is 29.0 Å². The van der Waals surface area contributed by atoms with Crippen molar-refractivity contribution < 1.29 is 27.3 Å². The number of thioether (sulfide) groups is 1. The van der Waals surface area contributed by atoms with Crippen molar-refractivity contribution in [1.29, 1.82) is 0 Å². The maximum Gasteiger partial charge on any atom is 0.453 e. The number of alkyl halides is 3. The van der Waals surface area contributed by atoms with Crippen molar-refractivity contribution in [3.05, 3.63) is 40.0 Å². The number of rotatable bonds is 5. The van der Waals surface area contributed by atoms with Crippen molar-refractivity contribution in [2.24, 2.45) is 0 Å². The fraction of sp³-hybridized carbons (Fsp3) is 0.182. The molecule has 1 aromatic heterocycles. The molecule has 0 unspecified atom stereocenters. The number of nitrogens with one attached hydrogen (secondary N) is 1. The number of hydrogen-bond donors (Lipinski definition) is 2. The number of nitrogens with zero attached hydrogens (tertiary/aromatic N) is 4. The Balaban J connectivity index is 2.01. The molecule has 3 N–H and O–H groups in total. The first-order chi connectivity index (χ1) is 11.6. The van der Waals surface area contributed by atoms with E-state index in [0.717, 1.165) is 18.2 Å². The molecule has 0 bridgehead atoms. The Morgan fingerprint density at radius 1 is 1.40 bits per heavy atom. The summed E-state index contributed by atoms with van der Waals surface area (Å²) in [6.45, 7) is 0. The van der Waals surface area contributed by atoms with Gasteiger partial charge in [0.25, 0.3) is 5.82 Å². The SMILES string of the molecule is Nn1c(SCC(=O)Nc2ccc(F)c([N+](=O)[O-])c2)nnc1C(F)(F)F. The number of nitrogens with two attached hydrogens (primary N) is 1. The molecule has 134 valence electrons. The number of carbonyl (C=O) groups excluding carboxylic acids is 1. The molecule has 0 radical (unpaired) electrons. The summed E-state index contributed by atoms with van der Waals surface area (Å²) < 4.78 is 50.9. The Morgan fingerprint density at radius 3 is 2.64 bits per heavy atom. The predicted octanol–water partition coefficient (Wildman–Crippen LogP) is 1.79. The van der Waals surface area contributed by atoms with Crippen LogP contribution in [0.3, 0.4) is 0 Å². The Hall–Kier alpha value is -2.90. The van der Waals surface area contributed by atoms with Gasteiger partial charge in [0.2, 0.25) is 16.9 Å². The number of halogens is 4. The van der Waals surface area contributed by atoms with Gasteiger partial charge in [0.05, 0.1) is 10.7 Å². The highest BCUT2D eigenvalue weighted by molar-refractivity contribution is 7.99. The van der Waals surface area contributed by atoms with Crippen LogP contribution in [0.5, 0.6) is 0 Å². The zero-order valence-electron chi connectivity index (χ0n) is 12.0. The van der Waals surface area contributed by atoms with E-state index in [2.05, 4.69) is 15.5 Å². The largest absolute Gasteiger partial charge is 0.453 e. The smallest absolute Gasteiger partial charge is 0.335 e. The maximum atomic E-state index is 13.2. The van der Waals surface area contributed by atoms with Crippen molar-refractivity contribution in [1.82, 2.24) is 14.9 Å². The molecule has 1 amide bonds. The van der Waals surface area contributed by atoms with E-state index >= 15 is 0 Å². The molecule has 1 aromatic carbocycles. The molecule has 0 spiro atoms. The van der Waals surface area contributed by atoms with Gasteiger partial charge in [-0.2, -0.15) is 17.6 Å². The van der Waals surface area contributed by atoms with Gasteiger partial charge in [0.1, 0.15) is 0 Å². The van der Waals surface area contributed by atoms with E-state index in [1.54, 1.807) is 0 Å². The number of benzene rings is 1. The van der Waals surface area contributed by atoms with E-state index in [9.17, 15) is 32.5 Å². The van der Waals surface area contributed by atoms with Crippen molar-refractivity contribution in [3.8, 4) is 0 Å². The van der Waals surface area contributed by atoms with Gasteiger partial charge in [-0.3, -0.25) is 14.9 Å². The summed E-state index contributed by atoms with van der Waals surface area (Å²) in [5.74, 6) is 1.57. The third kappa shape index (κ3) is 4.34. The van der Waals surface area contributed by atoms with Gasteiger partial charge in [-0.15, -0.1) is 10.2 Å². The van der Waals surface area contributed by atoms with Crippen molar-refractivity contribution in [2.75, 3.05) is 16.9 Å². The van der Waals surface area contributed by atoms with Crippen LogP contribution in [0.25, 0.3) is 0 Å². The van der Waals surface area contributed by atoms with Crippen LogP contribution in [-0.2, 0) is 11.0 Å². The van der Waals surface area contributed by atoms with Gasteiger partial charge in [-0.1, -0.05) is 11.8 Å². The quantitative estimate of drug-likeness (QED) is 0.266. The average molecular weight is 380 g/mol. The molecule has 0 aliphatic heterocycles. The topological polar surface area (TPSA) is 129 Å². The molecular weight excluding hydrogens is 372 g/mol. The molecule has 14 heteroatoms. The lowest BCUT2D eigenvalue weighted by Gasteiger charge is -2.07. The molecule has 0 aliphatic carbocycles. The lowest BCUT2D eigenvalue weighted by molar-refractivity contribution is -0.387. The van der Waals surface area contributed by atoms with Crippen LogP contribution in [-0.4, -0.2) is 31.5 Å². The second kappa shape index (κ2) is 6.92. The first-order valence-electron chi connectivity index (χ1n) is 6.24. The fourth-order valence-corrected chi connectivity index (χ4v) is 2.28. The van der Waals surface area contributed by atoms with E-state index in [1.807, 2.05) is 0 Å². The number of nitro benzene ring substituents is 1. The summed E-state index contributed by atoms with van der Waals surface area (Å²) in [4.78, 5) is 21.4. The summed E-state index contributed by atoms with van der Waals surface area (Å²) in [5.41, 5.74) is -0.883. The fourth-order valence-electron chi connectivity index (χ4n) is 1.63. The van der Waals surface area contributed by atoms with E-state index in [-0.39, 0.29) is 15.5 Å². The van der Waals surface area contributed by atoms with Crippen LogP contribution >= 0.6 is 11.8 Å². The summed E-state index contributed by atoms with van der Waals surface area (Å²) in [6, 6.07) is 2.70. The van der Waals surface area contributed by atoms with Crippen molar-refractivity contribution in [2.45, 2.75) is 11.3 Å². The molecular formula is C11H8F4N6O3S. The lowest BCUT2D eigenvalue weighted by atomic mass is 10.2. The van der Waals surface area contributed by atoms with Gasteiger partial charge in [0, 0.05) is 11.8 Å². The minimum absolute atomic E-state index is 0.0519. The van der Waals surface area contributed by atoms with E-state index in [4.69, 9.17) is 5.84 Å². The van der Waals surface area contributed by atoms with Gasteiger partial charge in [-0.25, -0.2) is 4.68 Å². The molecule has 0 saturated carbocycles. The molecule has 0 saturated heterocycles. The van der Waals surface area contributed by atoms with Crippen LogP contribution in [0, 0.1) is 15.9 Å². The second-order valence-electron chi connectivity index (χ2n) is 4.43. The Morgan fingerprint density at radius 2 is 2.08 bits per heavy atom. The molecule has 0 aliphatic rings. The van der Waals surface area contributed by atoms with Gasteiger partial charge in [-0.05, 0) is 12.1 Å². The van der Waals surface area contributed by atoms with Crippen LogP contribution < -0.4 is 11.2 Å². The van der Waals surface area contributed by atoms with E-state index < -0.39 is 40.1 Å². The summed E-state index contributed by atoms with van der Waals surface area (Å²) in [5, 5.41) is 18.6. The lowest BCUT2D eigenvalue weighted by Crippen LogP contribution is -2.22. The maximum absolute atomic E-state index is 13.2. The number of nitro groups is 1. The number of aromatic nitrogens is 3. The number of amides is 1. The molecule has 1 heterocycles. The minimum atomic E-state index is -4.80. The Bertz CT molecular complexity index is 825. The van der Waals surface area contributed by atoms with Crippen LogP contribution in [0.1, 0.15) is 5.82 Å². The minimum Gasteiger partial charge on any atom is -0.335 e. The number of carbonyl (C=O) groups is 1. The summed E-state index contributed by atoms with van der Waals surface area (Å²) >= 11 is 0.569. The third-order valence-electron chi connectivity index (χ3n) is 2.68. The van der Waals surface area contributed by atoms with Crippen LogP contribution in [0.4, 0.5) is 28.9 Å². The normalized spacial score (nSPS) is 11.4. The highest BCUT2D eigenvalue weighted by Crippen LogP contribution is 2.29. The standard InChI is InChI=1S/C11H8F4N6O3S/c12-6-2-1-5(3-7(6)21(23)24)17-8(22)4-25-10-19-18-9(20(10)16)11(13,14)15/h1-3H,4,16H2,(H,17,22). The third-order valence-corrected chi connectivity index (χ3v) is 3.62. The molecule has 2 aromatic rings. The zero-order valence-corrected chi connectivity index (χ0v) is 12.8. The first kappa shape index (κ1) is 18.4. The highest BCUT2D eigenvalue weighted by atomic mass is 32.2. The molecule has 0 fully saturated rings. The first-order valence-corrected chi connectivity index (χ1v) is 7.22.